The number of benzene rings is 2. The second-order valence-corrected chi connectivity index (χ2v) is 7.68. The van der Waals surface area contributed by atoms with Gasteiger partial charge < -0.3 is 9.88 Å². The second kappa shape index (κ2) is 8.39. The minimum atomic E-state index is -0.00653. The van der Waals surface area contributed by atoms with Crippen LogP contribution < -0.4 is 5.32 Å². The number of thioether (sulfide) groups is 1. The number of anilines is 1. The van der Waals surface area contributed by atoms with E-state index < -0.39 is 0 Å². The number of nitrogens with zero attached hydrogens (tertiary/aromatic N) is 3. The maximum atomic E-state index is 12.2. The molecule has 27 heavy (non-hydrogen) atoms. The van der Waals surface area contributed by atoms with Gasteiger partial charge in [-0.2, -0.15) is 0 Å². The van der Waals surface area contributed by atoms with Crippen molar-refractivity contribution in [2.45, 2.75) is 37.1 Å². The van der Waals surface area contributed by atoms with Gasteiger partial charge in [-0.15, -0.1) is 22.0 Å². The molecule has 6 heteroatoms. The van der Waals surface area contributed by atoms with Crippen molar-refractivity contribution in [3.05, 3.63) is 60.4 Å². The van der Waals surface area contributed by atoms with Crippen molar-refractivity contribution in [1.82, 2.24) is 14.8 Å². The van der Waals surface area contributed by atoms with Crippen LogP contribution in [0.25, 0.3) is 11.4 Å². The van der Waals surface area contributed by atoms with Crippen LogP contribution >= 0.6 is 11.8 Å². The molecule has 4 rings (SSSR count). The summed E-state index contributed by atoms with van der Waals surface area (Å²) in [5, 5.41) is 11.7. The van der Waals surface area contributed by atoms with Gasteiger partial charge in [0.1, 0.15) is 5.82 Å². The van der Waals surface area contributed by atoms with Crippen molar-refractivity contribution in [3.63, 3.8) is 0 Å². The molecule has 0 atom stereocenters. The molecule has 5 nitrogen and oxygen atoms in total. The molecule has 0 saturated heterocycles. The van der Waals surface area contributed by atoms with Gasteiger partial charge in [-0.05, 0) is 49.2 Å². The average molecular weight is 379 g/mol. The van der Waals surface area contributed by atoms with E-state index in [0.717, 1.165) is 40.8 Å². The Hall–Kier alpha value is -2.60. The zero-order chi connectivity index (χ0) is 18.5. The largest absolute Gasteiger partial charge is 0.325 e. The second-order valence-electron chi connectivity index (χ2n) is 6.63. The number of amides is 1. The van der Waals surface area contributed by atoms with Crippen LogP contribution in [0.4, 0.5) is 5.69 Å². The van der Waals surface area contributed by atoms with Gasteiger partial charge in [0, 0.05) is 29.1 Å². The molecule has 1 amide bonds. The van der Waals surface area contributed by atoms with Crippen LogP contribution in [-0.2, 0) is 17.8 Å². The quantitative estimate of drug-likeness (QED) is 0.669. The van der Waals surface area contributed by atoms with Crippen LogP contribution in [0, 0.1) is 0 Å². The Labute approximate surface area is 163 Å². The molecule has 0 bridgehead atoms. The summed E-state index contributed by atoms with van der Waals surface area (Å²) in [5.41, 5.74) is 1.83. The zero-order valence-corrected chi connectivity index (χ0v) is 15.9. The average Bonchev–Trinajstić information content (AvgIpc) is 2.96. The Morgan fingerprint density at radius 2 is 1.81 bits per heavy atom. The molecule has 0 saturated carbocycles. The fourth-order valence-electron chi connectivity index (χ4n) is 3.26. The highest BCUT2D eigenvalue weighted by molar-refractivity contribution is 8.00. The van der Waals surface area contributed by atoms with Crippen molar-refractivity contribution in [1.29, 1.82) is 0 Å². The van der Waals surface area contributed by atoms with E-state index in [9.17, 15) is 4.79 Å². The molecule has 0 aliphatic carbocycles. The predicted octanol–water partition coefficient (Wildman–Crippen LogP) is 4.40. The third-order valence-electron chi connectivity index (χ3n) is 4.65. The van der Waals surface area contributed by atoms with Crippen molar-refractivity contribution in [3.8, 4) is 11.4 Å². The van der Waals surface area contributed by atoms with Gasteiger partial charge in [0.25, 0.3) is 0 Å². The fraction of sp³-hybridized carbons (Fsp3) is 0.286. The summed E-state index contributed by atoms with van der Waals surface area (Å²) in [6.07, 6.45) is 4.60. The van der Waals surface area contributed by atoms with E-state index in [0.29, 0.717) is 5.75 Å². The minimum Gasteiger partial charge on any atom is -0.325 e. The molecule has 0 fully saturated rings. The van der Waals surface area contributed by atoms with Gasteiger partial charge in [-0.1, -0.05) is 24.6 Å². The fourth-order valence-corrected chi connectivity index (χ4v) is 3.98. The number of aromatic nitrogens is 3. The van der Waals surface area contributed by atoms with Gasteiger partial charge in [-0.3, -0.25) is 4.79 Å². The summed E-state index contributed by atoms with van der Waals surface area (Å²) in [4.78, 5) is 13.3. The Balaban J connectivity index is 1.39. The molecule has 138 valence electrons. The number of aryl methyl sites for hydroxylation is 1. The van der Waals surface area contributed by atoms with E-state index in [-0.39, 0.29) is 5.91 Å². The third kappa shape index (κ3) is 4.39. The van der Waals surface area contributed by atoms with Gasteiger partial charge in [0.15, 0.2) is 5.82 Å². The zero-order valence-electron chi connectivity index (χ0n) is 15.1. The van der Waals surface area contributed by atoms with E-state index in [4.69, 9.17) is 0 Å². The Kier molecular flexibility index (Phi) is 5.53. The maximum absolute atomic E-state index is 12.2. The number of carbonyl (C=O) groups is 1. The lowest BCUT2D eigenvalue weighted by Crippen LogP contribution is -2.13. The molecule has 0 radical (unpaired) electrons. The number of carbonyl (C=O) groups excluding carboxylic acids is 1. The van der Waals surface area contributed by atoms with Gasteiger partial charge in [0.2, 0.25) is 5.91 Å². The number of nitrogens with one attached hydrogen (secondary N) is 1. The van der Waals surface area contributed by atoms with Gasteiger partial charge in [0.05, 0.1) is 5.75 Å². The Morgan fingerprint density at radius 3 is 2.63 bits per heavy atom. The highest BCUT2D eigenvalue weighted by atomic mass is 32.2. The van der Waals surface area contributed by atoms with Crippen LogP contribution in [0.5, 0.6) is 0 Å². The number of rotatable bonds is 5. The summed E-state index contributed by atoms with van der Waals surface area (Å²) >= 11 is 1.53. The molecular formula is C21H22N4OS. The van der Waals surface area contributed by atoms with Crippen molar-refractivity contribution >= 4 is 23.4 Å². The molecular weight excluding hydrogens is 356 g/mol. The highest BCUT2D eigenvalue weighted by Gasteiger charge is 2.16. The molecule has 1 N–H and O–H groups in total. The SMILES string of the molecule is O=C(CSc1ccccc1)Nc1ccc(-c2nnc3n2CCCCC3)cc1. The first kappa shape index (κ1) is 17.8. The van der Waals surface area contributed by atoms with E-state index in [1.807, 2.05) is 54.6 Å². The summed E-state index contributed by atoms with van der Waals surface area (Å²) in [7, 11) is 0. The van der Waals surface area contributed by atoms with E-state index in [2.05, 4.69) is 20.1 Å². The lowest BCUT2D eigenvalue weighted by atomic mass is 10.2. The normalized spacial score (nSPS) is 13.6. The smallest absolute Gasteiger partial charge is 0.234 e. The predicted molar refractivity (Wildman–Crippen MR) is 109 cm³/mol. The summed E-state index contributed by atoms with van der Waals surface area (Å²) in [5.74, 6) is 2.39. The topological polar surface area (TPSA) is 59.8 Å². The monoisotopic (exact) mass is 378 g/mol. The van der Waals surface area contributed by atoms with Crippen molar-refractivity contribution in [2.75, 3.05) is 11.1 Å². The lowest BCUT2D eigenvalue weighted by Gasteiger charge is -2.09. The van der Waals surface area contributed by atoms with Crippen LogP contribution in [0.2, 0.25) is 0 Å². The van der Waals surface area contributed by atoms with Crippen molar-refractivity contribution in [2.24, 2.45) is 0 Å². The molecule has 3 aromatic rings. The summed E-state index contributed by atoms with van der Waals surface area (Å²) < 4.78 is 2.23. The van der Waals surface area contributed by atoms with Crippen LogP contribution in [-0.4, -0.2) is 26.4 Å². The number of fused-ring (bicyclic) bond motifs is 1. The van der Waals surface area contributed by atoms with E-state index in [1.165, 1.54) is 31.0 Å². The number of hydrogen-bond acceptors (Lipinski definition) is 4. The lowest BCUT2D eigenvalue weighted by molar-refractivity contribution is -0.113. The van der Waals surface area contributed by atoms with Crippen LogP contribution in [0.15, 0.2) is 59.5 Å². The molecule has 1 aliphatic rings. The van der Waals surface area contributed by atoms with Gasteiger partial charge >= 0.3 is 0 Å². The van der Waals surface area contributed by atoms with E-state index >= 15 is 0 Å². The first-order chi connectivity index (χ1) is 13.3. The maximum Gasteiger partial charge on any atom is 0.234 e. The molecule has 0 unspecified atom stereocenters. The first-order valence-corrected chi connectivity index (χ1v) is 10.3. The third-order valence-corrected chi connectivity index (χ3v) is 5.66. The summed E-state index contributed by atoms with van der Waals surface area (Å²) in [6.45, 7) is 0.979. The van der Waals surface area contributed by atoms with Crippen LogP contribution in [0.3, 0.4) is 0 Å². The Bertz CT molecular complexity index is 906. The molecule has 2 aromatic carbocycles. The molecule has 0 spiro atoms. The molecule has 1 aromatic heterocycles. The molecule has 2 heterocycles. The standard InChI is InChI=1S/C21H22N4OS/c26-20(15-27-18-7-3-1-4-8-18)22-17-12-10-16(11-13-17)21-24-23-19-9-5-2-6-14-25(19)21/h1,3-4,7-8,10-13H,2,5-6,9,14-15H2,(H,22,26). The molecule has 1 aliphatic heterocycles. The Morgan fingerprint density at radius 1 is 1.00 bits per heavy atom. The number of hydrogen-bond donors (Lipinski definition) is 1. The summed E-state index contributed by atoms with van der Waals surface area (Å²) in [6, 6.07) is 17.8. The van der Waals surface area contributed by atoms with Gasteiger partial charge in [-0.25, -0.2) is 0 Å². The first-order valence-electron chi connectivity index (χ1n) is 9.30. The van der Waals surface area contributed by atoms with Crippen molar-refractivity contribution < 1.29 is 4.79 Å². The highest BCUT2D eigenvalue weighted by Crippen LogP contribution is 2.24. The van der Waals surface area contributed by atoms with Crippen LogP contribution in [0.1, 0.15) is 25.1 Å². The minimum absolute atomic E-state index is 0.00653. The van der Waals surface area contributed by atoms with E-state index in [1.54, 1.807) is 0 Å².